The van der Waals surface area contributed by atoms with Crippen molar-refractivity contribution < 1.29 is 23.1 Å². The van der Waals surface area contributed by atoms with Crippen LogP contribution in [0.4, 0.5) is 4.79 Å². The number of aryl methyl sites for hydroxylation is 1. The van der Waals surface area contributed by atoms with E-state index in [0.29, 0.717) is 63.1 Å². The van der Waals surface area contributed by atoms with Crippen LogP contribution in [0, 0.1) is 0 Å². The molecule has 1 saturated heterocycles. The lowest BCUT2D eigenvalue weighted by atomic mass is 10.1. The molecular formula is C24H30ClN5O5S. The first kappa shape index (κ1) is 26.2. The van der Waals surface area contributed by atoms with E-state index in [2.05, 4.69) is 19.6 Å². The van der Waals surface area contributed by atoms with Crippen LogP contribution in [-0.4, -0.2) is 85.3 Å². The number of piperazine rings is 1. The van der Waals surface area contributed by atoms with Crippen LogP contribution >= 0.6 is 11.6 Å². The number of nitrogens with one attached hydrogen (secondary N) is 2. The molecule has 0 atom stereocenters. The zero-order valence-corrected chi connectivity index (χ0v) is 21.4. The van der Waals surface area contributed by atoms with Crippen LogP contribution < -0.4 is 9.46 Å². The number of fused-ring (bicyclic) bond motifs is 1. The monoisotopic (exact) mass is 535 g/mol. The predicted octanol–water partition coefficient (Wildman–Crippen LogP) is 3.19. The van der Waals surface area contributed by atoms with E-state index in [1.54, 1.807) is 6.07 Å². The number of carboxylic acid groups (broad SMARTS) is 1. The van der Waals surface area contributed by atoms with E-state index in [1.165, 1.54) is 17.2 Å². The SMILES string of the molecule is O=C(O)N1CCN(CCCOc2ccc(S(=O)(=O)NCCCc3c[nH]c4ccc(Cl)cc34)cn2)CC1. The van der Waals surface area contributed by atoms with E-state index in [9.17, 15) is 13.2 Å². The maximum absolute atomic E-state index is 12.6. The van der Waals surface area contributed by atoms with Crippen molar-refractivity contribution in [3.05, 3.63) is 53.3 Å². The van der Waals surface area contributed by atoms with Gasteiger partial charge in [-0.1, -0.05) is 11.6 Å². The van der Waals surface area contributed by atoms with Gasteiger partial charge in [0.1, 0.15) is 4.90 Å². The molecule has 3 N–H and O–H groups in total. The van der Waals surface area contributed by atoms with E-state index in [1.807, 2.05) is 24.4 Å². The summed E-state index contributed by atoms with van der Waals surface area (Å²) in [5, 5.41) is 10.7. The van der Waals surface area contributed by atoms with Crippen LogP contribution in [0.2, 0.25) is 5.02 Å². The highest BCUT2D eigenvalue weighted by atomic mass is 35.5. The number of benzene rings is 1. The average Bonchev–Trinajstić information content (AvgIpc) is 3.27. The molecule has 0 saturated carbocycles. The molecule has 0 radical (unpaired) electrons. The predicted molar refractivity (Wildman–Crippen MR) is 137 cm³/mol. The van der Waals surface area contributed by atoms with Crippen LogP contribution in [-0.2, 0) is 16.4 Å². The number of carbonyl (C=O) groups is 1. The minimum Gasteiger partial charge on any atom is -0.478 e. The Bertz CT molecular complexity index is 1270. The molecule has 0 bridgehead atoms. The second kappa shape index (κ2) is 11.9. The smallest absolute Gasteiger partial charge is 0.407 e. The Morgan fingerprint density at radius 2 is 1.97 bits per heavy atom. The summed E-state index contributed by atoms with van der Waals surface area (Å²) in [6.45, 7) is 3.99. The van der Waals surface area contributed by atoms with E-state index in [0.717, 1.165) is 29.4 Å². The van der Waals surface area contributed by atoms with Gasteiger partial charge in [-0.25, -0.2) is 22.9 Å². The van der Waals surface area contributed by atoms with Gasteiger partial charge < -0.3 is 19.7 Å². The van der Waals surface area contributed by atoms with Crippen LogP contribution in [0.3, 0.4) is 0 Å². The second-order valence-electron chi connectivity index (χ2n) is 8.65. The molecule has 12 heteroatoms. The maximum atomic E-state index is 12.6. The van der Waals surface area contributed by atoms with Crippen molar-refractivity contribution in [2.45, 2.75) is 24.2 Å². The van der Waals surface area contributed by atoms with Crippen molar-refractivity contribution in [1.82, 2.24) is 24.5 Å². The Balaban J connectivity index is 1.17. The molecule has 1 fully saturated rings. The summed E-state index contributed by atoms with van der Waals surface area (Å²) >= 11 is 6.09. The third-order valence-corrected chi connectivity index (χ3v) is 7.86. The van der Waals surface area contributed by atoms with Gasteiger partial charge in [-0.2, -0.15) is 0 Å². The number of aromatic nitrogens is 2. The topological polar surface area (TPSA) is 128 Å². The molecule has 10 nitrogen and oxygen atoms in total. The van der Waals surface area contributed by atoms with E-state index >= 15 is 0 Å². The molecule has 2 aromatic heterocycles. The van der Waals surface area contributed by atoms with E-state index in [4.69, 9.17) is 21.4 Å². The fraction of sp³-hybridized carbons (Fsp3) is 0.417. The summed E-state index contributed by atoms with van der Waals surface area (Å²) in [7, 11) is -3.67. The second-order valence-corrected chi connectivity index (χ2v) is 10.9. The number of pyridine rings is 1. The Labute approximate surface area is 215 Å². The first-order valence-corrected chi connectivity index (χ1v) is 13.7. The van der Waals surface area contributed by atoms with Gasteiger partial charge in [0.05, 0.1) is 12.8 Å². The van der Waals surface area contributed by atoms with Gasteiger partial charge >= 0.3 is 6.09 Å². The molecule has 0 aliphatic carbocycles. The van der Waals surface area contributed by atoms with Crippen LogP contribution in [0.5, 0.6) is 5.88 Å². The van der Waals surface area contributed by atoms with Crippen molar-refractivity contribution in [2.24, 2.45) is 0 Å². The first-order valence-electron chi connectivity index (χ1n) is 11.9. The molecule has 3 aromatic rings. The molecule has 1 aromatic carbocycles. The molecule has 1 amide bonds. The number of ether oxygens (including phenoxy) is 1. The molecule has 0 unspecified atom stereocenters. The van der Waals surface area contributed by atoms with Crippen molar-refractivity contribution in [3.63, 3.8) is 0 Å². The number of hydrogen-bond donors (Lipinski definition) is 3. The van der Waals surface area contributed by atoms with Crippen LogP contribution in [0.1, 0.15) is 18.4 Å². The maximum Gasteiger partial charge on any atom is 0.407 e. The zero-order chi connectivity index (χ0) is 25.5. The number of sulfonamides is 1. The van der Waals surface area contributed by atoms with Gasteiger partial charge in [-0.15, -0.1) is 0 Å². The van der Waals surface area contributed by atoms with Crippen molar-refractivity contribution in [2.75, 3.05) is 45.9 Å². The zero-order valence-electron chi connectivity index (χ0n) is 19.8. The lowest BCUT2D eigenvalue weighted by Crippen LogP contribution is -2.48. The van der Waals surface area contributed by atoms with Gasteiger partial charge in [0.25, 0.3) is 0 Å². The molecule has 36 heavy (non-hydrogen) atoms. The summed E-state index contributed by atoms with van der Waals surface area (Å²) in [6.07, 6.45) is 4.46. The van der Waals surface area contributed by atoms with Crippen molar-refractivity contribution in [1.29, 1.82) is 0 Å². The normalized spacial score (nSPS) is 14.9. The molecule has 1 aliphatic heterocycles. The quantitative estimate of drug-likeness (QED) is 0.322. The third kappa shape index (κ3) is 6.88. The number of H-pyrrole nitrogens is 1. The van der Waals surface area contributed by atoms with Gasteiger partial charge in [0, 0.05) is 67.5 Å². The van der Waals surface area contributed by atoms with Crippen LogP contribution in [0.25, 0.3) is 10.9 Å². The molecular weight excluding hydrogens is 506 g/mol. The van der Waals surface area contributed by atoms with Gasteiger partial charge in [-0.3, -0.25) is 4.90 Å². The number of aromatic amines is 1. The lowest BCUT2D eigenvalue weighted by Gasteiger charge is -2.32. The van der Waals surface area contributed by atoms with Crippen molar-refractivity contribution in [3.8, 4) is 5.88 Å². The fourth-order valence-electron chi connectivity index (χ4n) is 4.16. The standard InChI is InChI=1S/C24H30ClN5O5S/c25-19-4-6-22-21(15-19)18(16-26-22)3-1-8-28-36(33,34)20-5-7-23(27-17-20)35-14-2-9-29-10-12-30(13-11-29)24(31)32/h4-7,15-17,26,28H,1-3,8-14H2,(H,31,32). The third-order valence-electron chi connectivity index (χ3n) is 6.18. The van der Waals surface area contributed by atoms with Gasteiger partial charge in [0.2, 0.25) is 15.9 Å². The fourth-order valence-corrected chi connectivity index (χ4v) is 5.36. The number of halogens is 1. The average molecular weight is 536 g/mol. The lowest BCUT2D eigenvalue weighted by molar-refractivity contribution is 0.103. The largest absolute Gasteiger partial charge is 0.478 e. The molecule has 1 aliphatic rings. The highest BCUT2D eigenvalue weighted by molar-refractivity contribution is 7.89. The summed E-state index contributed by atoms with van der Waals surface area (Å²) in [6, 6.07) is 8.70. The Morgan fingerprint density at radius 3 is 2.69 bits per heavy atom. The summed E-state index contributed by atoms with van der Waals surface area (Å²) in [5.74, 6) is 0.364. The molecule has 4 rings (SSSR count). The Kier molecular flexibility index (Phi) is 8.68. The molecule has 3 heterocycles. The number of amides is 1. The number of nitrogens with zero attached hydrogens (tertiary/aromatic N) is 3. The Hall–Kier alpha value is -2.86. The number of rotatable bonds is 11. The highest BCUT2D eigenvalue weighted by Gasteiger charge is 2.20. The summed E-state index contributed by atoms with van der Waals surface area (Å²) in [5.41, 5.74) is 2.10. The van der Waals surface area contributed by atoms with E-state index < -0.39 is 16.1 Å². The first-order chi connectivity index (χ1) is 17.3. The van der Waals surface area contributed by atoms with E-state index in [-0.39, 0.29) is 4.90 Å². The van der Waals surface area contributed by atoms with Crippen molar-refractivity contribution >= 4 is 38.6 Å². The minimum absolute atomic E-state index is 0.0880. The van der Waals surface area contributed by atoms with Crippen LogP contribution in [0.15, 0.2) is 47.6 Å². The minimum atomic E-state index is -3.67. The highest BCUT2D eigenvalue weighted by Crippen LogP contribution is 2.23. The number of hydrogen-bond acceptors (Lipinski definition) is 6. The summed E-state index contributed by atoms with van der Waals surface area (Å²) < 4.78 is 33.5. The van der Waals surface area contributed by atoms with Gasteiger partial charge in [0.15, 0.2) is 0 Å². The van der Waals surface area contributed by atoms with Gasteiger partial charge in [-0.05, 0) is 49.1 Å². The molecule has 194 valence electrons. The summed E-state index contributed by atoms with van der Waals surface area (Å²) in [4.78, 5) is 22.0. The molecule has 0 spiro atoms. The Morgan fingerprint density at radius 1 is 1.17 bits per heavy atom.